The molecule has 1 saturated heterocycles. The summed E-state index contributed by atoms with van der Waals surface area (Å²) < 4.78 is 27.7. The molecule has 1 aromatic rings. The molecule has 2 rings (SSSR count). The molecule has 8 heteroatoms. The Kier molecular flexibility index (Phi) is 4.50. The van der Waals surface area contributed by atoms with Crippen molar-refractivity contribution in [2.75, 3.05) is 6.61 Å². The van der Waals surface area contributed by atoms with Gasteiger partial charge < -0.3 is 10.1 Å². The van der Waals surface area contributed by atoms with Crippen molar-refractivity contribution in [1.29, 1.82) is 0 Å². The molecule has 1 N–H and O–H groups in total. The van der Waals surface area contributed by atoms with Gasteiger partial charge in [0.15, 0.2) is 0 Å². The van der Waals surface area contributed by atoms with E-state index in [2.05, 4.69) is 5.32 Å². The molecule has 0 radical (unpaired) electrons. The van der Waals surface area contributed by atoms with Gasteiger partial charge in [-0.1, -0.05) is 0 Å². The van der Waals surface area contributed by atoms with Crippen LogP contribution >= 0.6 is 22.0 Å². The van der Waals surface area contributed by atoms with Gasteiger partial charge in [0.2, 0.25) is 5.91 Å². The third-order valence-electron chi connectivity index (χ3n) is 2.85. The van der Waals surface area contributed by atoms with Gasteiger partial charge in [0.05, 0.1) is 6.04 Å². The zero-order valence-electron chi connectivity index (χ0n) is 10.3. The number of thiophene rings is 1. The van der Waals surface area contributed by atoms with Gasteiger partial charge in [-0.05, 0) is 31.9 Å². The number of ether oxygens (including phenoxy) is 1. The van der Waals surface area contributed by atoms with Crippen molar-refractivity contribution < 1.29 is 17.9 Å². The van der Waals surface area contributed by atoms with Gasteiger partial charge in [-0.15, -0.1) is 11.3 Å². The van der Waals surface area contributed by atoms with Crippen LogP contribution in [0.1, 0.15) is 30.7 Å². The van der Waals surface area contributed by atoms with E-state index in [1.807, 2.05) is 0 Å². The lowest BCUT2D eigenvalue weighted by atomic mass is 10.2. The topological polar surface area (TPSA) is 72.5 Å². The van der Waals surface area contributed by atoms with Crippen molar-refractivity contribution in [3.63, 3.8) is 0 Å². The molecule has 2 atom stereocenters. The highest BCUT2D eigenvalue weighted by molar-refractivity contribution is 8.15. The molecule has 0 bridgehead atoms. The minimum Gasteiger partial charge on any atom is -0.368 e. The summed E-state index contributed by atoms with van der Waals surface area (Å²) in [5.74, 6) is -0.159. The predicted octanol–water partition coefficient (Wildman–Crippen LogP) is 2.03. The van der Waals surface area contributed by atoms with Crippen molar-refractivity contribution in [2.24, 2.45) is 0 Å². The van der Waals surface area contributed by atoms with Crippen LogP contribution in [0.25, 0.3) is 0 Å². The number of halogens is 1. The van der Waals surface area contributed by atoms with Crippen LogP contribution in [0.15, 0.2) is 16.3 Å². The zero-order valence-corrected chi connectivity index (χ0v) is 12.6. The fourth-order valence-electron chi connectivity index (χ4n) is 1.86. The molecule has 2 unspecified atom stereocenters. The van der Waals surface area contributed by atoms with Crippen molar-refractivity contribution in [1.82, 2.24) is 5.32 Å². The normalized spacial score (nSPS) is 21.3. The van der Waals surface area contributed by atoms with Crippen LogP contribution < -0.4 is 5.32 Å². The van der Waals surface area contributed by atoms with E-state index in [0.29, 0.717) is 6.61 Å². The highest BCUT2D eigenvalue weighted by Crippen LogP contribution is 2.29. The lowest BCUT2D eigenvalue weighted by Crippen LogP contribution is -2.35. The average molecular weight is 324 g/mol. The molecule has 1 fully saturated rings. The maximum absolute atomic E-state index is 11.9. The van der Waals surface area contributed by atoms with Crippen LogP contribution in [0, 0.1) is 0 Å². The van der Waals surface area contributed by atoms with Crippen molar-refractivity contribution in [3.05, 3.63) is 17.0 Å². The molecule has 0 aromatic carbocycles. The number of nitrogens with one attached hydrogen (secondary N) is 1. The zero-order chi connectivity index (χ0) is 14.0. The first-order valence-corrected chi connectivity index (χ1v) is 8.97. The summed E-state index contributed by atoms with van der Waals surface area (Å²) in [4.78, 5) is 12.6. The summed E-state index contributed by atoms with van der Waals surface area (Å²) in [5.41, 5.74) is 0. The van der Waals surface area contributed by atoms with Crippen LogP contribution in [0.4, 0.5) is 0 Å². The number of hydrogen-bond acceptors (Lipinski definition) is 5. The molecule has 1 amide bonds. The minimum absolute atomic E-state index is 0.0855. The second-order valence-corrected chi connectivity index (χ2v) is 8.23. The summed E-state index contributed by atoms with van der Waals surface area (Å²) in [6, 6.07) is 2.83. The second kappa shape index (κ2) is 5.78. The second-order valence-electron chi connectivity index (χ2n) is 4.33. The Morgan fingerprint density at radius 3 is 2.84 bits per heavy atom. The van der Waals surface area contributed by atoms with Gasteiger partial charge in [0, 0.05) is 22.2 Å². The monoisotopic (exact) mass is 323 g/mol. The highest BCUT2D eigenvalue weighted by atomic mass is 35.7. The average Bonchev–Trinajstić information content (AvgIpc) is 3.00. The highest BCUT2D eigenvalue weighted by Gasteiger charge is 2.25. The molecule has 0 spiro atoms. The Hall–Kier alpha value is -0.630. The van der Waals surface area contributed by atoms with E-state index in [-0.39, 0.29) is 16.2 Å². The third kappa shape index (κ3) is 3.68. The Morgan fingerprint density at radius 1 is 1.58 bits per heavy atom. The largest absolute Gasteiger partial charge is 0.368 e. The molecule has 106 valence electrons. The first kappa shape index (κ1) is 14.8. The van der Waals surface area contributed by atoms with E-state index >= 15 is 0 Å². The van der Waals surface area contributed by atoms with E-state index in [1.54, 1.807) is 13.0 Å². The fraction of sp³-hybridized carbons (Fsp3) is 0.545. The number of carbonyl (C=O) groups is 1. The van der Waals surface area contributed by atoms with Crippen molar-refractivity contribution >= 4 is 37.0 Å². The minimum atomic E-state index is -3.71. The lowest BCUT2D eigenvalue weighted by Gasteiger charge is -2.15. The van der Waals surface area contributed by atoms with Crippen molar-refractivity contribution in [3.8, 4) is 0 Å². The standard InChI is InChI=1S/C11H14ClNO4S2/c1-7(13-11(14)8-3-2-6-17-8)9-4-5-10(18-9)19(12,15)16/h4-5,7-8H,2-3,6H2,1H3,(H,13,14). The van der Waals surface area contributed by atoms with Crippen LogP contribution in [-0.4, -0.2) is 27.0 Å². The Bertz CT molecular complexity index is 563. The van der Waals surface area contributed by atoms with Crippen LogP contribution in [0.2, 0.25) is 0 Å². The number of rotatable bonds is 4. The fourth-order valence-corrected chi connectivity index (χ4v) is 3.96. The van der Waals surface area contributed by atoms with Gasteiger partial charge in [-0.3, -0.25) is 4.79 Å². The van der Waals surface area contributed by atoms with Gasteiger partial charge in [-0.2, -0.15) is 0 Å². The van der Waals surface area contributed by atoms with Gasteiger partial charge >= 0.3 is 0 Å². The van der Waals surface area contributed by atoms with E-state index in [9.17, 15) is 13.2 Å². The maximum atomic E-state index is 11.9. The summed E-state index contributed by atoms with van der Waals surface area (Å²) in [5, 5.41) is 2.81. The van der Waals surface area contributed by atoms with E-state index in [0.717, 1.165) is 29.1 Å². The number of hydrogen-bond donors (Lipinski definition) is 1. The summed E-state index contributed by atoms with van der Waals surface area (Å²) >= 11 is 1.06. The smallest absolute Gasteiger partial charge is 0.270 e. The van der Waals surface area contributed by atoms with Gasteiger partial charge in [0.25, 0.3) is 9.05 Å². The first-order chi connectivity index (χ1) is 8.88. The van der Waals surface area contributed by atoms with E-state index in [4.69, 9.17) is 15.4 Å². The first-order valence-electron chi connectivity index (χ1n) is 5.84. The molecule has 0 aliphatic carbocycles. The molecular weight excluding hydrogens is 310 g/mol. The molecule has 2 heterocycles. The van der Waals surface area contributed by atoms with Crippen LogP contribution in [-0.2, 0) is 18.6 Å². The summed E-state index contributed by atoms with van der Waals surface area (Å²) in [7, 11) is 1.55. The maximum Gasteiger partial charge on any atom is 0.270 e. The van der Waals surface area contributed by atoms with E-state index in [1.165, 1.54) is 6.07 Å². The SMILES string of the molecule is CC(NC(=O)C1CCCO1)c1ccc(S(=O)(=O)Cl)s1. The van der Waals surface area contributed by atoms with E-state index < -0.39 is 15.2 Å². The Morgan fingerprint density at radius 2 is 2.32 bits per heavy atom. The summed E-state index contributed by atoms with van der Waals surface area (Å²) in [6.07, 6.45) is 1.23. The number of carbonyl (C=O) groups excluding carboxylic acids is 1. The van der Waals surface area contributed by atoms with Crippen LogP contribution in [0.3, 0.4) is 0 Å². The summed E-state index contributed by atoms with van der Waals surface area (Å²) in [6.45, 7) is 2.41. The number of amides is 1. The molecular formula is C11H14ClNO4S2. The third-order valence-corrected chi connectivity index (χ3v) is 6.21. The van der Waals surface area contributed by atoms with Gasteiger partial charge in [-0.25, -0.2) is 8.42 Å². The molecule has 5 nitrogen and oxygen atoms in total. The molecule has 19 heavy (non-hydrogen) atoms. The Labute approximate surface area is 120 Å². The molecule has 1 aliphatic rings. The quantitative estimate of drug-likeness (QED) is 0.861. The van der Waals surface area contributed by atoms with Crippen molar-refractivity contribution in [2.45, 2.75) is 36.1 Å². The Balaban J connectivity index is 2.01. The molecule has 0 saturated carbocycles. The molecule has 1 aromatic heterocycles. The van der Waals surface area contributed by atoms with Crippen LogP contribution in [0.5, 0.6) is 0 Å². The predicted molar refractivity (Wildman–Crippen MR) is 72.9 cm³/mol. The van der Waals surface area contributed by atoms with Gasteiger partial charge in [0.1, 0.15) is 10.3 Å². The molecule has 1 aliphatic heterocycles. The lowest BCUT2D eigenvalue weighted by molar-refractivity contribution is -0.130.